The number of nitrogens with zero attached hydrogens (tertiary/aromatic N) is 1. The number of allylic oxidation sites excluding steroid dienone is 2. The SMILES string of the molecule is C=C=C/C(=C\C)C(=C)N(CCCCCCC(C)C)CC(C)(C)C. The Kier molecular flexibility index (Phi) is 10.8. The lowest BCUT2D eigenvalue weighted by atomic mass is 9.95. The molecular weight excluding hydrogens is 278 g/mol. The molecule has 0 unspecified atom stereocenters. The first-order chi connectivity index (χ1) is 10.7. The summed E-state index contributed by atoms with van der Waals surface area (Å²) in [6.07, 6.45) is 10.6. The Morgan fingerprint density at radius 3 is 2.22 bits per heavy atom. The van der Waals surface area contributed by atoms with Crippen molar-refractivity contribution >= 4 is 0 Å². The minimum atomic E-state index is 0.261. The maximum atomic E-state index is 4.33. The molecule has 0 saturated heterocycles. The molecule has 0 saturated carbocycles. The van der Waals surface area contributed by atoms with Gasteiger partial charge in [0.15, 0.2) is 0 Å². The van der Waals surface area contributed by atoms with Crippen molar-refractivity contribution < 1.29 is 0 Å². The highest BCUT2D eigenvalue weighted by Gasteiger charge is 2.18. The molecule has 1 nitrogen and oxygen atoms in total. The average molecular weight is 318 g/mol. The van der Waals surface area contributed by atoms with Gasteiger partial charge in [0.2, 0.25) is 0 Å². The van der Waals surface area contributed by atoms with Gasteiger partial charge in [-0.2, -0.15) is 0 Å². The van der Waals surface area contributed by atoms with Crippen LogP contribution in [0.4, 0.5) is 0 Å². The zero-order valence-electron chi connectivity index (χ0n) is 16.5. The van der Waals surface area contributed by atoms with E-state index in [1.165, 1.54) is 32.1 Å². The van der Waals surface area contributed by atoms with Crippen LogP contribution in [0, 0.1) is 11.3 Å². The standard InChI is InChI=1S/C22H39N/c1-9-15-21(10-2)20(5)23(18-22(6,7)8)17-14-12-11-13-16-19(3)4/h10,15,19H,1,5,11-14,16-18H2,2-4,6-8H3/b21-10+. The van der Waals surface area contributed by atoms with E-state index in [0.29, 0.717) is 0 Å². The molecule has 0 N–H and O–H groups in total. The van der Waals surface area contributed by atoms with Crippen LogP contribution in [0.1, 0.15) is 73.6 Å². The fraction of sp³-hybridized carbons (Fsp3) is 0.682. The van der Waals surface area contributed by atoms with Gasteiger partial charge in [-0.15, -0.1) is 5.73 Å². The van der Waals surface area contributed by atoms with Crippen LogP contribution in [0.5, 0.6) is 0 Å². The molecule has 0 aliphatic carbocycles. The molecule has 23 heavy (non-hydrogen) atoms. The molecular formula is C22H39N. The van der Waals surface area contributed by atoms with Crippen LogP contribution in [0.3, 0.4) is 0 Å². The van der Waals surface area contributed by atoms with Gasteiger partial charge in [-0.25, -0.2) is 0 Å². The molecule has 0 fully saturated rings. The molecule has 1 heteroatoms. The molecule has 132 valence electrons. The fourth-order valence-electron chi connectivity index (χ4n) is 2.72. The van der Waals surface area contributed by atoms with Crippen molar-refractivity contribution in [3.8, 4) is 0 Å². The van der Waals surface area contributed by atoms with Gasteiger partial charge in [-0.05, 0) is 30.8 Å². The Morgan fingerprint density at radius 1 is 1.13 bits per heavy atom. The van der Waals surface area contributed by atoms with E-state index in [-0.39, 0.29) is 5.41 Å². The topological polar surface area (TPSA) is 3.24 Å². The van der Waals surface area contributed by atoms with E-state index in [1.54, 1.807) is 0 Å². The molecule has 0 spiro atoms. The number of rotatable bonds is 11. The molecule has 0 aliphatic heterocycles. The Hall–Kier alpha value is -1.20. The number of hydrogen-bond donors (Lipinski definition) is 0. The Morgan fingerprint density at radius 2 is 1.74 bits per heavy atom. The second kappa shape index (κ2) is 11.4. The zero-order chi connectivity index (χ0) is 17.9. The predicted octanol–water partition coefficient (Wildman–Crippen LogP) is 6.74. The molecule has 0 aliphatic rings. The highest BCUT2D eigenvalue weighted by atomic mass is 15.1. The third-order valence-electron chi connectivity index (χ3n) is 3.91. The van der Waals surface area contributed by atoms with E-state index in [4.69, 9.17) is 0 Å². The first-order valence-corrected chi connectivity index (χ1v) is 9.17. The van der Waals surface area contributed by atoms with Crippen molar-refractivity contribution in [2.45, 2.75) is 73.6 Å². The van der Waals surface area contributed by atoms with Gasteiger partial charge < -0.3 is 4.90 Å². The summed E-state index contributed by atoms with van der Waals surface area (Å²) in [6, 6.07) is 0. The first-order valence-electron chi connectivity index (χ1n) is 9.17. The Balaban J connectivity index is 4.58. The third-order valence-corrected chi connectivity index (χ3v) is 3.91. The van der Waals surface area contributed by atoms with Gasteiger partial charge in [-0.3, -0.25) is 0 Å². The second-order valence-electron chi connectivity index (χ2n) is 8.12. The highest BCUT2D eigenvalue weighted by Crippen LogP contribution is 2.23. The molecule has 0 amide bonds. The van der Waals surface area contributed by atoms with Gasteiger partial charge in [-0.1, -0.05) is 79.5 Å². The van der Waals surface area contributed by atoms with Crippen molar-refractivity contribution in [2.24, 2.45) is 11.3 Å². The van der Waals surface area contributed by atoms with Gasteiger partial charge in [0, 0.05) is 24.4 Å². The number of unbranched alkanes of at least 4 members (excludes halogenated alkanes) is 3. The summed E-state index contributed by atoms with van der Waals surface area (Å²) in [4.78, 5) is 2.44. The smallest absolute Gasteiger partial charge is 0.0369 e. The first kappa shape index (κ1) is 21.8. The summed E-state index contributed by atoms with van der Waals surface area (Å²) in [6.45, 7) is 23.7. The van der Waals surface area contributed by atoms with Crippen LogP contribution in [0.2, 0.25) is 0 Å². The van der Waals surface area contributed by atoms with Gasteiger partial charge >= 0.3 is 0 Å². The van der Waals surface area contributed by atoms with Crippen LogP contribution >= 0.6 is 0 Å². The zero-order valence-corrected chi connectivity index (χ0v) is 16.5. The monoisotopic (exact) mass is 317 g/mol. The third kappa shape index (κ3) is 11.0. The fourth-order valence-corrected chi connectivity index (χ4v) is 2.72. The summed E-state index contributed by atoms with van der Waals surface area (Å²) in [5.41, 5.74) is 5.37. The maximum absolute atomic E-state index is 4.33. The molecule has 0 aromatic heterocycles. The largest absolute Gasteiger partial charge is 0.371 e. The summed E-state index contributed by atoms with van der Waals surface area (Å²) in [5.74, 6) is 0.829. The molecule has 0 aromatic carbocycles. The van der Waals surface area contributed by atoms with Crippen LogP contribution in [-0.2, 0) is 0 Å². The molecule has 0 heterocycles. The molecule has 0 rings (SSSR count). The Labute approximate surface area is 145 Å². The van der Waals surface area contributed by atoms with Gasteiger partial charge in [0.25, 0.3) is 0 Å². The van der Waals surface area contributed by atoms with Crippen molar-refractivity contribution in [3.63, 3.8) is 0 Å². The van der Waals surface area contributed by atoms with Gasteiger partial charge in [0.05, 0.1) is 0 Å². The lowest BCUT2D eigenvalue weighted by molar-refractivity contribution is 0.234. The quantitative estimate of drug-likeness (QED) is 0.232. The molecule has 0 aromatic rings. The van der Waals surface area contributed by atoms with E-state index in [0.717, 1.165) is 30.3 Å². The van der Waals surface area contributed by atoms with E-state index in [1.807, 2.05) is 6.08 Å². The second-order valence-corrected chi connectivity index (χ2v) is 8.12. The van der Waals surface area contributed by atoms with Crippen LogP contribution in [-0.4, -0.2) is 18.0 Å². The van der Waals surface area contributed by atoms with E-state index in [9.17, 15) is 0 Å². The minimum Gasteiger partial charge on any atom is -0.371 e. The van der Waals surface area contributed by atoms with Crippen LogP contribution < -0.4 is 0 Å². The van der Waals surface area contributed by atoms with E-state index in [2.05, 4.69) is 71.4 Å². The minimum absolute atomic E-state index is 0.261. The lowest BCUT2D eigenvalue weighted by Crippen LogP contribution is -2.33. The van der Waals surface area contributed by atoms with E-state index >= 15 is 0 Å². The lowest BCUT2D eigenvalue weighted by Gasteiger charge is -2.33. The summed E-state index contributed by atoms with van der Waals surface area (Å²) >= 11 is 0. The van der Waals surface area contributed by atoms with Crippen molar-refractivity contribution in [2.75, 3.05) is 13.1 Å². The van der Waals surface area contributed by atoms with E-state index < -0.39 is 0 Å². The summed E-state index contributed by atoms with van der Waals surface area (Å²) in [7, 11) is 0. The maximum Gasteiger partial charge on any atom is 0.0369 e. The molecule has 0 atom stereocenters. The van der Waals surface area contributed by atoms with Crippen molar-refractivity contribution in [1.82, 2.24) is 4.90 Å². The molecule has 0 radical (unpaired) electrons. The molecule has 0 bridgehead atoms. The van der Waals surface area contributed by atoms with Crippen molar-refractivity contribution in [1.29, 1.82) is 0 Å². The summed E-state index contributed by atoms with van der Waals surface area (Å²) < 4.78 is 0. The summed E-state index contributed by atoms with van der Waals surface area (Å²) in [5, 5.41) is 0. The van der Waals surface area contributed by atoms with Crippen molar-refractivity contribution in [3.05, 3.63) is 42.3 Å². The normalized spacial score (nSPS) is 12.2. The predicted molar refractivity (Wildman–Crippen MR) is 106 cm³/mol. The van der Waals surface area contributed by atoms with Gasteiger partial charge in [0.1, 0.15) is 0 Å². The Bertz CT molecular complexity index is 414. The highest BCUT2D eigenvalue weighted by molar-refractivity contribution is 5.36. The number of hydrogen-bond acceptors (Lipinski definition) is 1. The van der Waals surface area contributed by atoms with Crippen LogP contribution in [0.15, 0.2) is 42.3 Å². The average Bonchev–Trinajstić information content (AvgIpc) is 2.44. The van der Waals surface area contributed by atoms with Crippen LogP contribution in [0.25, 0.3) is 0 Å².